The predicted octanol–water partition coefficient (Wildman–Crippen LogP) is 2.33. The van der Waals surface area contributed by atoms with Crippen LogP contribution < -0.4 is 0 Å². The quantitative estimate of drug-likeness (QED) is 0.444. The summed E-state index contributed by atoms with van der Waals surface area (Å²) < 4.78 is 0.245. The summed E-state index contributed by atoms with van der Waals surface area (Å²) in [6, 6.07) is -0.699. The van der Waals surface area contributed by atoms with Gasteiger partial charge in [-0.3, -0.25) is 4.79 Å². The van der Waals surface area contributed by atoms with Crippen LogP contribution in [0.1, 0.15) is 19.8 Å². The largest absolute Gasteiger partial charge is 0.481 e. The first-order valence-electron chi connectivity index (χ1n) is 5.74. The van der Waals surface area contributed by atoms with E-state index in [1.165, 1.54) is 6.92 Å². The van der Waals surface area contributed by atoms with Crippen molar-refractivity contribution in [3.05, 3.63) is 10.4 Å². The molecule has 1 aliphatic rings. The third-order valence-corrected chi connectivity index (χ3v) is 5.74. The Labute approximate surface area is 114 Å². The van der Waals surface area contributed by atoms with Crippen molar-refractivity contribution >= 4 is 29.5 Å². The van der Waals surface area contributed by atoms with Gasteiger partial charge in [0.25, 0.3) is 0 Å². The van der Waals surface area contributed by atoms with E-state index in [0.717, 1.165) is 17.9 Å². The van der Waals surface area contributed by atoms with Gasteiger partial charge in [0.15, 0.2) is 0 Å². The van der Waals surface area contributed by atoms with Gasteiger partial charge in [0.1, 0.15) is 0 Å². The minimum absolute atomic E-state index is 0.245. The second-order valence-corrected chi connectivity index (χ2v) is 7.06. The molecular weight excluding hydrogens is 274 g/mol. The summed E-state index contributed by atoms with van der Waals surface area (Å²) in [7, 11) is 0. The van der Waals surface area contributed by atoms with Crippen molar-refractivity contribution in [2.75, 3.05) is 11.5 Å². The number of hydrogen-bond acceptors (Lipinski definition) is 5. The van der Waals surface area contributed by atoms with Crippen LogP contribution in [0.25, 0.3) is 10.4 Å². The predicted molar refractivity (Wildman–Crippen MR) is 73.7 cm³/mol. The number of thioether (sulfide) groups is 2. The van der Waals surface area contributed by atoms with Crippen LogP contribution >= 0.6 is 23.5 Å². The molecule has 102 valence electrons. The molecule has 1 fully saturated rings. The van der Waals surface area contributed by atoms with Crippen molar-refractivity contribution in [2.24, 2.45) is 11.0 Å². The second kappa shape index (κ2) is 7.78. The van der Waals surface area contributed by atoms with Crippen molar-refractivity contribution in [3.63, 3.8) is 0 Å². The summed E-state index contributed by atoms with van der Waals surface area (Å²) in [5.41, 5.74) is 8.55. The van der Waals surface area contributed by atoms with Crippen LogP contribution in [0.4, 0.5) is 0 Å². The van der Waals surface area contributed by atoms with E-state index in [9.17, 15) is 9.90 Å². The molecule has 2 N–H and O–H groups in total. The highest BCUT2D eigenvalue weighted by Gasteiger charge is 2.34. The summed E-state index contributed by atoms with van der Waals surface area (Å²) in [6.45, 7) is 1.42. The Hall–Kier alpha value is -0.560. The molecule has 1 rings (SSSR count). The smallest absolute Gasteiger partial charge is 0.309 e. The van der Waals surface area contributed by atoms with E-state index in [0.29, 0.717) is 6.42 Å². The van der Waals surface area contributed by atoms with Crippen LogP contribution in [0.3, 0.4) is 0 Å². The zero-order valence-corrected chi connectivity index (χ0v) is 11.7. The maximum absolute atomic E-state index is 11.1. The first kappa shape index (κ1) is 15.5. The molecular formula is C10H17N3O3S2. The standard InChI is InChI=1S/C10H17N3O3S2/c1-6(14)9(10(15)16)7(12-13-11)5-8-17-3-2-4-18-8/h6-9,14H,2-5H2,1H3,(H,15,16)/t6-,7-,9-/m1/s1. The van der Waals surface area contributed by atoms with Gasteiger partial charge in [-0.15, -0.1) is 23.5 Å². The van der Waals surface area contributed by atoms with E-state index >= 15 is 0 Å². The molecule has 0 bridgehead atoms. The van der Waals surface area contributed by atoms with Gasteiger partial charge in [0.2, 0.25) is 0 Å². The van der Waals surface area contributed by atoms with Crippen molar-refractivity contribution in [3.8, 4) is 0 Å². The Kier molecular flexibility index (Phi) is 6.70. The lowest BCUT2D eigenvalue weighted by Crippen LogP contribution is -2.37. The van der Waals surface area contributed by atoms with E-state index in [1.54, 1.807) is 23.5 Å². The van der Waals surface area contributed by atoms with E-state index in [-0.39, 0.29) is 4.58 Å². The van der Waals surface area contributed by atoms with Gasteiger partial charge in [-0.2, -0.15) is 0 Å². The Balaban J connectivity index is 2.73. The summed E-state index contributed by atoms with van der Waals surface area (Å²) >= 11 is 3.53. The summed E-state index contributed by atoms with van der Waals surface area (Å²) in [6.07, 6.45) is 0.606. The molecule has 0 saturated carbocycles. The fraction of sp³-hybridized carbons (Fsp3) is 0.900. The lowest BCUT2D eigenvalue weighted by Gasteiger charge is -2.27. The highest BCUT2D eigenvalue weighted by molar-refractivity contribution is 8.17. The van der Waals surface area contributed by atoms with E-state index in [4.69, 9.17) is 10.6 Å². The van der Waals surface area contributed by atoms with Gasteiger partial charge in [0.05, 0.1) is 22.6 Å². The molecule has 1 saturated heterocycles. The number of hydrogen-bond donors (Lipinski definition) is 2. The maximum Gasteiger partial charge on any atom is 0.309 e. The summed E-state index contributed by atoms with van der Waals surface area (Å²) in [5, 5.41) is 22.2. The number of aliphatic hydroxyl groups is 1. The zero-order valence-electron chi connectivity index (χ0n) is 10.1. The lowest BCUT2D eigenvalue weighted by molar-refractivity contribution is -0.146. The first-order valence-corrected chi connectivity index (χ1v) is 7.84. The molecule has 0 aromatic rings. The number of azide groups is 1. The number of rotatable bonds is 6. The highest BCUT2D eigenvalue weighted by atomic mass is 32.2. The number of aliphatic carboxylic acids is 1. The molecule has 0 aromatic carbocycles. The first-order chi connectivity index (χ1) is 8.56. The van der Waals surface area contributed by atoms with E-state index in [1.807, 2.05) is 0 Å². The van der Waals surface area contributed by atoms with Gasteiger partial charge < -0.3 is 10.2 Å². The molecule has 0 aromatic heterocycles. The van der Waals surface area contributed by atoms with Gasteiger partial charge in [-0.05, 0) is 36.8 Å². The van der Waals surface area contributed by atoms with E-state index in [2.05, 4.69) is 10.0 Å². The molecule has 0 spiro atoms. The number of carboxylic acid groups (broad SMARTS) is 1. The van der Waals surface area contributed by atoms with Crippen LogP contribution in [-0.2, 0) is 4.79 Å². The number of nitrogens with zero attached hydrogens (tertiary/aromatic N) is 3. The molecule has 1 aliphatic heterocycles. The number of carboxylic acids is 1. The minimum Gasteiger partial charge on any atom is -0.481 e. The fourth-order valence-corrected chi connectivity index (χ4v) is 4.85. The topological polar surface area (TPSA) is 106 Å². The molecule has 1 heterocycles. The molecule has 18 heavy (non-hydrogen) atoms. The van der Waals surface area contributed by atoms with Gasteiger partial charge >= 0.3 is 5.97 Å². The Morgan fingerprint density at radius 1 is 1.56 bits per heavy atom. The molecule has 0 unspecified atom stereocenters. The normalized spacial score (nSPS) is 21.7. The third kappa shape index (κ3) is 4.61. The minimum atomic E-state index is -1.12. The molecule has 0 radical (unpaired) electrons. The van der Waals surface area contributed by atoms with Gasteiger partial charge in [-0.25, -0.2) is 0 Å². The van der Waals surface area contributed by atoms with Crippen molar-refractivity contribution in [2.45, 2.75) is 36.5 Å². The average Bonchev–Trinajstić information content (AvgIpc) is 2.29. The van der Waals surface area contributed by atoms with Crippen LogP contribution in [0, 0.1) is 5.92 Å². The number of carbonyl (C=O) groups is 1. The molecule has 8 heteroatoms. The van der Waals surface area contributed by atoms with Crippen LogP contribution in [0.2, 0.25) is 0 Å². The van der Waals surface area contributed by atoms with Crippen molar-refractivity contribution in [1.29, 1.82) is 0 Å². The van der Waals surface area contributed by atoms with Crippen molar-refractivity contribution in [1.82, 2.24) is 0 Å². The number of aliphatic hydroxyl groups excluding tert-OH is 1. The Bertz CT molecular complexity index is 328. The highest BCUT2D eigenvalue weighted by Crippen LogP contribution is 2.36. The molecule has 0 amide bonds. The Morgan fingerprint density at radius 2 is 2.17 bits per heavy atom. The third-order valence-electron chi connectivity index (χ3n) is 2.75. The molecule has 0 aliphatic carbocycles. The second-order valence-electron chi connectivity index (χ2n) is 4.14. The average molecular weight is 291 g/mol. The van der Waals surface area contributed by atoms with E-state index < -0.39 is 24.0 Å². The van der Waals surface area contributed by atoms with Gasteiger partial charge in [0, 0.05) is 4.91 Å². The Morgan fingerprint density at radius 3 is 2.61 bits per heavy atom. The molecule has 3 atom stereocenters. The van der Waals surface area contributed by atoms with Crippen LogP contribution in [-0.4, -0.2) is 44.4 Å². The fourth-order valence-electron chi connectivity index (χ4n) is 1.89. The van der Waals surface area contributed by atoms with Crippen LogP contribution in [0.5, 0.6) is 0 Å². The SMILES string of the molecule is C[C@@H](O)[C@@H](C(=O)O)[C@@H](CC1SCCCS1)N=[N+]=[N-]. The summed E-state index contributed by atoms with van der Waals surface area (Å²) in [4.78, 5) is 13.9. The maximum atomic E-state index is 11.1. The van der Waals surface area contributed by atoms with Gasteiger partial charge in [-0.1, -0.05) is 5.11 Å². The van der Waals surface area contributed by atoms with Crippen molar-refractivity contribution < 1.29 is 15.0 Å². The lowest BCUT2D eigenvalue weighted by atomic mass is 9.93. The summed E-state index contributed by atoms with van der Waals surface area (Å²) in [5.74, 6) is -0.0580. The molecule has 6 nitrogen and oxygen atoms in total. The zero-order chi connectivity index (χ0) is 13.5. The monoisotopic (exact) mass is 291 g/mol. The van der Waals surface area contributed by atoms with Crippen LogP contribution in [0.15, 0.2) is 5.11 Å².